The second-order valence-corrected chi connectivity index (χ2v) is 9.51. The van der Waals surface area contributed by atoms with Crippen molar-refractivity contribution in [2.24, 2.45) is 5.92 Å². The Bertz CT molecular complexity index is 726. The zero-order chi connectivity index (χ0) is 19.3. The van der Waals surface area contributed by atoms with E-state index < -0.39 is 10.0 Å². The highest BCUT2D eigenvalue weighted by Crippen LogP contribution is 2.20. The first-order chi connectivity index (χ1) is 13.0. The molecular formula is C20H32ClN3O3S. The van der Waals surface area contributed by atoms with Gasteiger partial charge in [0.2, 0.25) is 15.9 Å². The van der Waals surface area contributed by atoms with E-state index in [0.29, 0.717) is 43.4 Å². The van der Waals surface area contributed by atoms with Gasteiger partial charge in [-0.2, -0.15) is 4.31 Å². The molecule has 0 bridgehead atoms. The Morgan fingerprint density at radius 2 is 1.82 bits per heavy atom. The van der Waals surface area contributed by atoms with Crippen LogP contribution >= 0.6 is 12.4 Å². The van der Waals surface area contributed by atoms with Crippen molar-refractivity contribution in [1.82, 2.24) is 14.5 Å². The van der Waals surface area contributed by atoms with Crippen molar-refractivity contribution in [3.8, 4) is 0 Å². The van der Waals surface area contributed by atoms with Crippen molar-refractivity contribution >= 4 is 28.3 Å². The lowest BCUT2D eigenvalue weighted by Gasteiger charge is -2.34. The SMILES string of the molecule is CCCc1ccc(S(=O)(=O)N2CCN(C(=O)CCC3CCNC3)CC2)cc1.Cl. The zero-order valence-corrected chi connectivity index (χ0v) is 18.2. The Kier molecular flexibility index (Phi) is 8.74. The van der Waals surface area contributed by atoms with E-state index in [9.17, 15) is 13.2 Å². The Hall–Kier alpha value is -1.15. The van der Waals surface area contributed by atoms with Crippen LogP contribution in [-0.2, 0) is 21.2 Å². The van der Waals surface area contributed by atoms with E-state index in [1.807, 2.05) is 17.0 Å². The molecule has 2 fully saturated rings. The summed E-state index contributed by atoms with van der Waals surface area (Å²) in [7, 11) is -3.48. The van der Waals surface area contributed by atoms with Crippen molar-refractivity contribution in [3.63, 3.8) is 0 Å². The molecule has 0 aliphatic carbocycles. The number of carbonyl (C=O) groups excluding carboxylic acids is 1. The maximum absolute atomic E-state index is 12.8. The van der Waals surface area contributed by atoms with E-state index in [0.717, 1.165) is 44.3 Å². The smallest absolute Gasteiger partial charge is 0.243 e. The fourth-order valence-corrected chi connectivity index (χ4v) is 5.31. The van der Waals surface area contributed by atoms with Crippen molar-refractivity contribution in [1.29, 1.82) is 0 Å². The van der Waals surface area contributed by atoms with Gasteiger partial charge in [-0.1, -0.05) is 25.5 Å². The molecule has 2 heterocycles. The van der Waals surface area contributed by atoms with Gasteiger partial charge in [-0.05, 0) is 56.0 Å². The van der Waals surface area contributed by atoms with E-state index in [4.69, 9.17) is 0 Å². The van der Waals surface area contributed by atoms with E-state index in [1.54, 1.807) is 12.1 Å². The minimum atomic E-state index is -3.48. The summed E-state index contributed by atoms with van der Waals surface area (Å²) >= 11 is 0. The summed E-state index contributed by atoms with van der Waals surface area (Å²) in [5.41, 5.74) is 1.16. The molecule has 1 aromatic rings. The third kappa shape index (κ3) is 5.69. The summed E-state index contributed by atoms with van der Waals surface area (Å²) < 4.78 is 27.2. The predicted octanol–water partition coefficient (Wildman–Crippen LogP) is 2.28. The molecule has 1 unspecified atom stereocenters. The topological polar surface area (TPSA) is 69.7 Å². The molecule has 0 spiro atoms. The number of piperazine rings is 1. The van der Waals surface area contributed by atoms with Gasteiger partial charge < -0.3 is 10.2 Å². The molecule has 0 radical (unpaired) electrons. The number of rotatable bonds is 7. The van der Waals surface area contributed by atoms with Crippen LogP contribution in [0.25, 0.3) is 0 Å². The van der Waals surface area contributed by atoms with E-state index in [2.05, 4.69) is 12.2 Å². The fourth-order valence-electron chi connectivity index (χ4n) is 3.89. The van der Waals surface area contributed by atoms with Crippen LogP contribution in [-0.4, -0.2) is 62.8 Å². The van der Waals surface area contributed by atoms with Gasteiger partial charge in [0, 0.05) is 32.6 Å². The van der Waals surface area contributed by atoms with Gasteiger partial charge in [0.1, 0.15) is 0 Å². The molecule has 158 valence electrons. The van der Waals surface area contributed by atoms with Gasteiger partial charge in [0.15, 0.2) is 0 Å². The molecule has 6 nitrogen and oxygen atoms in total. The third-order valence-corrected chi connectivity index (χ3v) is 7.53. The van der Waals surface area contributed by atoms with Crippen LogP contribution in [0.2, 0.25) is 0 Å². The molecule has 0 aromatic heterocycles. The van der Waals surface area contributed by atoms with Crippen LogP contribution < -0.4 is 5.32 Å². The van der Waals surface area contributed by atoms with Crippen LogP contribution in [0.5, 0.6) is 0 Å². The Balaban J connectivity index is 0.00000280. The Labute approximate surface area is 175 Å². The number of carbonyl (C=O) groups is 1. The van der Waals surface area contributed by atoms with Crippen LogP contribution in [0.4, 0.5) is 0 Å². The highest BCUT2D eigenvalue weighted by molar-refractivity contribution is 7.89. The number of aryl methyl sites for hydroxylation is 1. The average molecular weight is 430 g/mol. The molecular weight excluding hydrogens is 398 g/mol. The second kappa shape index (κ2) is 10.6. The maximum atomic E-state index is 12.8. The van der Waals surface area contributed by atoms with Gasteiger partial charge in [0.05, 0.1) is 4.90 Å². The van der Waals surface area contributed by atoms with E-state index in [-0.39, 0.29) is 18.3 Å². The number of amides is 1. The summed E-state index contributed by atoms with van der Waals surface area (Å²) in [4.78, 5) is 14.6. The minimum absolute atomic E-state index is 0. The Morgan fingerprint density at radius 1 is 1.14 bits per heavy atom. The van der Waals surface area contributed by atoms with Crippen molar-refractivity contribution in [3.05, 3.63) is 29.8 Å². The molecule has 1 atom stereocenters. The van der Waals surface area contributed by atoms with Gasteiger partial charge in [-0.15, -0.1) is 12.4 Å². The molecule has 2 aliphatic rings. The summed E-state index contributed by atoms with van der Waals surface area (Å²) in [5, 5.41) is 3.33. The molecule has 3 rings (SSSR count). The van der Waals surface area contributed by atoms with Crippen molar-refractivity contribution < 1.29 is 13.2 Å². The first kappa shape index (κ1) is 23.1. The second-order valence-electron chi connectivity index (χ2n) is 7.58. The number of nitrogens with zero attached hydrogens (tertiary/aromatic N) is 2. The molecule has 2 saturated heterocycles. The summed E-state index contributed by atoms with van der Waals surface area (Å²) in [6.07, 6.45) is 4.64. The lowest BCUT2D eigenvalue weighted by atomic mass is 10.0. The molecule has 2 aliphatic heterocycles. The van der Waals surface area contributed by atoms with Crippen molar-refractivity contribution in [2.45, 2.75) is 43.9 Å². The molecule has 1 N–H and O–H groups in total. The van der Waals surface area contributed by atoms with E-state index in [1.165, 1.54) is 4.31 Å². The van der Waals surface area contributed by atoms with Gasteiger partial charge in [-0.3, -0.25) is 4.79 Å². The van der Waals surface area contributed by atoms with Crippen LogP contribution in [0.1, 0.15) is 38.2 Å². The summed E-state index contributed by atoms with van der Waals surface area (Å²) in [6.45, 7) is 5.87. The number of sulfonamides is 1. The van der Waals surface area contributed by atoms with Gasteiger partial charge >= 0.3 is 0 Å². The molecule has 28 heavy (non-hydrogen) atoms. The van der Waals surface area contributed by atoms with Gasteiger partial charge in [0.25, 0.3) is 0 Å². The van der Waals surface area contributed by atoms with Crippen LogP contribution in [0, 0.1) is 5.92 Å². The first-order valence-electron chi connectivity index (χ1n) is 10.1. The third-order valence-electron chi connectivity index (χ3n) is 5.62. The zero-order valence-electron chi connectivity index (χ0n) is 16.6. The molecule has 0 saturated carbocycles. The quantitative estimate of drug-likeness (QED) is 0.721. The predicted molar refractivity (Wildman–Crippen MR) is 113 cm³/mol. The van der Waals surface area contributed by atoms with Crippen LogP contribution in [0.15, 0.2) is 29.2 Å². The highest BCUT2D eigenvalue weighted by Gasteiger charge is 2.30. The Morgan fingerprint density at radius 3 is 2.39 bits per heavy atom. The number of benzene rings is 1. The normalized spacial score (nSPS) is 20.8. The molecule has 1 aromatic carbocycles. The monoisotopic (exact) mass is 429 g/mol. The van der Waals surface area contributed by atoms with Crippen molar-refractivity contribution in [2.75, 3.05) is 39.3 Å². The fraction of sp³-hybridized carbons (Fsp3) is 0.650. The van der Waals surface area contributed by atoms with Gasteiger partial charge in [-0.25, -0.2) is 8.42 Å². The standard InChI is InChI=1S/C20H31N3O3S.ClH/c1-2-3-17-4-7-19(8-5-17)27(25,26)23-14-12-22(13-15-23)20(24)9-6-18-10-11-21-16-18;/h4-5,7-8,18,21H,2-3,6,9-16H2,1H3;1H. The van der Waals surface area contributed by atoms with Crippen LogP contribution in [0.3, 0.4) is 0 Å². The summed E-state index contributed by atoms with van der Waals surface area (Å²) in [5.74, 6) is 0.758. The lowest BCUT2D eigenvalue weighted by molar-refractivity contribution is -0.132. The average Bonchev–Trinajstić information content (AvgIpc) is 3.20. The van der Waals surface area contributed by atoms with E-state index >= 15 is 0 Å². The highest BCUT2D eigenvalue weighted by atomic mass is 35.5. The largest absolute Gasteiger partial charge is 0.340 e. The first-order valence-corrected chi connectivity index (χ1v) is 11.5. The number of hydrogen-bond donors (Lipinski definition) is 1. The maximum Gasteiger partial charge on any atom is 0.243 e. The molecule has 1 amide bonds. The summed E-state index contributed by atoms with van der Waals surface area (Å²) in [6, 6.07) is 7.20. The number of halogens is 1. The minimum Gasteiger partial charge on any atom is -0.340 e. The molecule has 8 heteroatoms. The number of nitrogens with one attached hydrogen (secondary N) is 1. The number of hydrogen-bond acceptors (Lipinski definition) is 4. The lowest BCUT2D eigenvalue weighted by Crippen LogP contribution is -2.50.